The molecule has 2 aliphatic heterocycles. The van der Waals surface area contributed by atoms with E-state index in [0.29, 0.717) is 0 Å². The van der Waals surface area contributed by atoms with E-state index in [4.69, 9.17) is 0 Å². The molecule has 0 aromatic carbocycles. The van der Waals surface area contributed by atoms with E-state index < -0.39 is 0 Å². The fourth-order valence-corrected chi connectivity index (χ4v) is 4.25. The predicted octanol–water partition coefficient (Wildman–Crippen LogP) is 1.77. The Morgan fingerprint density at radius 2 is 2.56 bits per heavy atom. The van der Waals surface area contributed by atoms with Crippen molar-refractivity contribution in [2.45, 2.75) is 38.3 Å². The summed E-state index contributed by atoms with van der Waals surface area (Å²) in [5.41, 5.74) is 3.04. The van der Waals surface area contributed by atoms with Gasteiger partial charge in [-0.15, -0.1) is 0 Å². The number of rotatable bonds is 1. The summed E-state index contributed by atoms with van der Waals surface area (Å²) in [6.07, 6.45) is 5.72. The first kappa shape index (κ1) is 10.7. The molecule has 16 heavy (non-hydrogen) atoms. The van der Waals surface area contributed by atoms with E-state index >= 15 is 0 Å². The summed E-state index contributed by atoms with van der Waals surface area (Å²) in [6.45, 7) is 4.34. The van der Waals surface area contributed by atoms with E-state index in [1.165, 1.54) is 35.7 Å². The molecule has 1 saturated heterocycles. The molecule has 3 heterocycles. The highest BCUT2D eigenvalue weighted by Gasteiger charge is 2.40. The number of hydrogen-bond acceptors (Lipinski definition) is 3. The fraction of sp³-hybridized carbons (Fsp3) is 0.750. The van der Waals surface area contributed by atoms with Crippen molar-refractivity contribution in [3.05, 3.63) is 17.7 Å². The minimum atomic E-state index is 0.225. The average molecular weight is 237 g/mol. The number of nitrogens with one attached hydrogen (secondary N) is 1. The molecule has 1 atom stereocenters. The van der Waals surface area contributed by atoms with Crippen molar-refractivity contribution in [3.63, 3.8) is 0 Å². The van der Waals surface area contributed by atoms with Crippen molar-refractivity contribution in [1.29, 1.82) is 0 Å². The minimum Gasteiger partial charge on any atom is -0.333 e. The van der Waals surface area contributed by atoms with Crippen molar-refractivity contribution in [3.8, 4) is 0 Å². The zero-order valence-electron chi connectivity index (χ0n) is 9.83. The normalized spacial score (nSPS) is 29.3. The fourth-order valence-electron chi connectivity index (χ4n) is 3.02. The van der Waals surface area contributed by atoms with Gasteiger partial charge in [-0.1, -0.05) is 0 Å². The van der Waals surface area contributed by atoms with Gasteiger partial charge < -0.3 is 9.88 Å². The van der Waals surface area contributed by atoms with Gasteiger partial charge in [0.15, 0.2) is 0 Å². The number of imidazole rings is 1. The summed E-state index contributed by atoms with van der Waals surface area (Å²) in [4.78, 5) is 4.59. The molecule has 1 N–H and O–H groups in total. The minimum absolute atomic E-state index is 0.225. The van der Waals surface area contributed by atoms with Crippen LogP contribution in [0.2, 0.25) is 0 Å². The monoisotopic (exact) mass is 237 g/mol. The number of aromatic nitrogens is 2. The Bertz CT molecular complexity index is 366. The highest BCUT2D eigenvalue weighted by atomic mass is 32.2. The molecule has 1 aromatic heterocycles. The summed E-state index contributed by atoms with van der Waals surface area (Å²) in [6, 6.07) is 0. The van der Waals surface area contributed by atoms with Gasteiger partial charge in [-0.05, 0) is 25.5 Å². The molecule has 4 heteroatoms. The Balaban J connectivity index is 2.06. The maximum atomic E-state index is 4.59. The molecule has 3 rings (SSSR count). The Hall–Kier alpha value is -0.480. The van der Waals surface area contributed by atoms with Crippen LogP contribution in [-0.4, -0.2) is 27.6 Å². The molecule has 88 valence electrons. The zero-order valence-corrected chi connectivity index (χ0v) is 10.6. The van der Waals surface area contributed by atoms with Gasteiger partial charge in [0.2, 0.25) is 0 Å². The topological polar surface area (TPSA) is 29.9 Å². The summed E-state index contributed by atoms with van der Waals surface area (Å²) < 4.78 is 2.34. The number of thioether (sulfide) groups is 1. The van der Waals surface area contributed by atoms with E-state index in [9.17, 15) is 0 Å². The summed E-state index contributed by atoms with van der Waals surface area (Å²) in [7, 11) is 0. The first-order valence-corrected chi connectivity index (χ1v) is 7.38. The standard InChI is InChI=1S/C12H19N3S/c1-2-15-9-13-10-4-6-14-12(11(10)15)5-3-7-16-8-12/h9,14H,2-8H2,1H3. The third-order valence-corrected chi connectivity index (χ3v) is 5.05. The van der Waals surface area contributed by atoms with Crippen LogP contribution in [0.4, 0.5) is 0 Å². The second-order valence-electron chi connectivity index (χ2n) is 4.74. The SMILES string of the molecule is CCn1cnc2c1C1(CCCSC1)NCC2. The molecule has 1 aromatic rings. The van der Waals surface area contributed by atoms with Crippen molar-refractivity contribution < 1.29 is 0 Å². The molecule has 0 bridgehead atoms. The van der Waals surface area contributed by atoms with Crippen molar-refractivity contribution >= 4 is 11.8 Å². The summed E-state index contributed by atoms with van der Waals surface area (Å²) in [5.74, 6) is 2.53. The molecule has 0 radical (unpaired) electrons. The quantitative estimate of drug-likeness (QED) is 0.807. The zero-order chi connectivity index (χ0) is 11.0. The van der Waals surface area contributed by atoms with Crippen LogP contribution >= 0.6 is 11.8 Å². The first-order valence-electron chi connectivity index (χ1n) is 6.23. The van der Waals surface area contributed by atoms with E-state index in [0.717, 1.165) is 19.5 Å². The van der Waals surface area contributed by atoms with Crippen LogP contribution in [0, 0.1) is 0 Å². The Morgan fingerprint density at radius 3 is 3.31 bits per heavy atom. The molecule has 0 aliphatic carbocycles. The van der Waals surface area contributed by atoms with Crippen LogP contribution in [0.15, 0.2) is 6.33 Å². The van der Waals surface area contributed by atoms with E-state index in [1.54, 1.807) is 0 Å². The molecule has 0 amide bonds. The third kappa shape index (κ3) is 1.51. The van der Waals surface area contributed by atoms with Crippen molar-refractivity contribution in [2.75, 3.05) is 18.1 Å². The maximum absolute atomic E-state index is 4.59. The molecule has 1 fully saturated rings. The van der Waals surface area contributed by atoms with Gasteiger partial charge in [0, 0.05) is 25.3 Å². The van der Waals surface area contributed by atoms with Gasteiger partial charge >= 0.3 is 0 Å². The lowest BCUT2D eigenvalue weighted by atomic mass is 9.86. The molecular formula is C12H19N3S. The second kappa shape index (κ2) is 4.08. The maximum Gasteiger partial charge on any atom is 0.0952 e. The second-order valence-corrected chi connectivity index (χ2v) is 5.85. The van der Waals surface area contributed by atoms with Gasteiger partial charge in [0.1, 0.15) is 0 Å². The molecule has 0 saturated carbocycles. The smallest absolute Gasteiger partial charge is 0.0952 e. The highest BCUT2D eigenvalue weighted by molar-refractivity contribution is 7.99. The summed E-state index contributed by atoms with van der Waals surface area (Å²) >= 11 is 2.08. The predicted molar refractivity (Wildman–Crippen MR) is 67.8 cm³/mol. The summed E-state index contributed by atoms with van der Waals surface area (Å²) in [5, 5.41) is 3.77. The van der Waals surface area contributed by atoms with Gasteiger partial charge in [-0.25, -0.2) is 4.98 Å². The lowest BCUT2D eigenvalue weighted by molar-refractivity contribution is 0.300. The van der Waals surface area contributed by atoms with Crippen LogP contribution < -0.4 is 5.32 Å². The van der Waals surface area contributed by atoms with Crippen LogP contribution in [0.5, 0.6) is 0 Å². The lowest BCUT2D eigenvalue weighted by Gasteiger charge is -2.41. The molecule has 1 unspecified atom stereocenters. The largest absolute Gasteiger partial charge is 0.333 e. The first-order chi connectivity index (χ1) is 7.86. The molecule has 2 aliphatic rings. The van der Waals surface area contributed by atoms with Gasteiger partial charge in [0.25, 0.3) is 0 Å². The van der Waals surface area contributed by atoms with Gasteiger partial charge in [0.05, 0.1) is 23.3 Å². The van der Waals surface area contributed by atoms with Crippen molar-refractivity contribution in [2.24, 2.45) is 0 Å². The lowest BCUT2D eigenvalue weighted by Crippen LogP contribution is -2.51. The number of nitrogens with zero attached hydrogens (tertiary/aromatic N) is 2. The van der Waals surface area contributed by atoms with Crippen LogP contribution in [0.3, 0.4) is 0 Å². The molecule has 1 spiro atoms. The molecular weight excluding hydrogens is 218 g/mol. The van der Waals surface area contributed by atoms with Crippen LogP contribution in [0.25, 0.3) is 0 Å². The Morgan fingerprint density at radius 1 is 1.62 bits per heavy atom. The Labute approximate surface area is 101 Å². The van der Waals surface area contributed by atoms with E-state index in [2.05, 4.69) is 33.6 Å². The van der Waals surface area contributed by atoms with E-state index in [-0.39, 0.29) is 5.54 Å². The van der Waals surface area contributed by atoms with Crippen LogP contribution in [0.1, 0.15) is 31.2 Å². The number of hydrogen-bond donors (Lipinski definition) is 1. The van der Waals surface area contributed by atoms with Crippen LogP contribution in [-0.2, 0) is 18.5 Å². The molecule has 3 nitrogen and oxygen atoms in total. The highest BCUT2D eigenvalue weighted by Crippen LogP contribution is 2.38. The average Bonchev–Trinajstić information content (AvgIpc) is 2.75. The Kier molecular flexibility index (Phi) is 2.72. The van der Waals surface area contributed by atoms with E-state index in [1.807, 2.05) is 6.33 Å². The van der Waals surface area contributed by atoms with Gasteiger partial charge in [-0.2, -0.15) is 11.8 Å². The van der Waals surface area contributed by atoms with Gasteiger partial charge in [-0.3, -0.25) is 0 Å². The third-order valence-electron chi connectivity index (χ3n) is 3.77. The van der Waals surface area contributed by atoms with Crippen molar-refractivity contribution in [1.82, 2.24) is 14.9 Å². The number of fused-ring (bicyclic) bond motifs is 2. The number of aryl methyl sites for hydroxylation is 1.